The molecule has 1 amide bonds. The third-order valence-corrected chi connectivity index (χ3v) is 3.57. The number of hydrogen-bond acceptors (Lipinski definition) is 3. The first kappa shape index (κ1) is 17.1. The van der Waals surface area contributed by atoms with Crippen molar-refractivity contribution < 1.29 is 9.53 Å². The number of ether oxygens (including phenoxy) is 1. The molecule has 0 aliphatic heterocycles. The summed E-state index contributed by atoms with van der Waals surface area (Å²) in [5.41, 5.74) is 5.83. The molecule has 0 saturated heterocycles. The maximum absolute atomic E-state index is 11.7. The summed E-state index contributed by atoms with van der Waals surface area (Å²) < 4.78 is 5.39. The maximum Gasteiger partial charge on any atom is 0.258 e. The van der Waals surface area contributed by atoms with Gasteiger partial charge in [0.1, 0.15) is 5.75 Å². The molecule has 0 radical (unpaired) electrons. The summed E-state index contributed by atoms with van der Waals surface area (Å²) in [4.78, 5) is 11.7. The first-order valence-electron chi connectivity index (χ1n) is 6.57. The Morgan fingerprint density at radius 3 is 2.45 bits per heavy atom. The first-order valence-corrected chi connectivity index (χ1v) is 6.94. The number of rotatable bonds is 4. The van der Waals surface area contributed by atoms with Crippen LogP contribution in [-0.4, -0.2) is 24.6 Å². The molecule has 1 aliphatic rings. The molecular formula is C14H20Cl2N2O2. The molecule has 0 heterocycles. The van der Waals surface area contributed by atoms with Gasteiger partial charge in [-0.15, -0.1) is 12.4 Å². The Balaban J connectivity index is 0.00000200. The van der Waals surface area contributed by atoms with Gasteiger partial charge in [-0.3, -0.25) is 4.79 Å². The zero-order valence-electron chi connectivity index (χ0n) is 11.2. The monoisotopic (exact) mass is 318 g/mol. The zero-order valence-corrected chi connectivity index (χ0v) is 12.8. The van der Waals surface area contributed by atoms with Crippen molar-refractivity contribution in [2.45, 2.75) is 37.8 Å². The van der Waals surface area contributed by atoms with Gasteiger partial charge in [-0.05, 0) is 49.9 Å². The van der Waals surface area contributed by atoms with Crippen LogP contribution in [0.5, 0.6) is 5.75 Å². The Morgan fingerprint density at radius 2 is 1.85 bits per heavy atom. The van der Waals surface area contributed by atoms with Crippen molar-refractivity contribution >= 4 is 29.9 Å². The minimum Gasteiger partial charge on any atom is -0.484 e. The summed E-state index contributed by atoms with van der Waals surface area (Å²) in [5.74, 6) is 0.556. The van der Waals surface area contributed by atoms with Crippen LogP contribution in [0, 0.1) is 0 Å². The van der Waals surface area contributed by atoms with Crippen LogP contribution in [-0.2, 0) is 4.79 Å². The van der Waals surface area contributed by atoms with Crippen molar-refractivity contribution in [1.82, 2.24) is 5.32 Å². The van der Waals surface area contributed by atoms with E-state index >= 15 is 0 Å². The topological polar surface area (TPSA) is 64.3 Å². The van der Waals surface area contributed by atoms with Crippen molar-refractivity contribution in [2.75, 3.05) is 6.61 Å². The summed E-state index contributed by atoms with van der Waals surface area (Å²) in [6.45, 7) is 0.0319. The van der Waals surface area contributed by atoms with Gasteiger partial charge in [-0.25, -0.2) is 0 Å². The van der Waals surface area contributed by atoms with Gasteiger partial charge in [0.25, 0.3) is 5.91 Å². The maximum atomic E-state index is 11.7. The summed E-state index contributed by atoms with van der Waals surface area (Å²) >= 11 is 5.77. The highest BCUT2D eigenvalue weighted by atomic mass is 35.5. The predicted octanol–water partition coefficient (Wildman–Crippen LogP) is 2.53. The van der Waals surface area contributed by atoms with Crippen LogP contribution in [0.2, 0.25) is 5.02 Å². The average molecular weight is 319 g/mol. The van der Waals surface area contributed by atoms with Crippen molar-refractivity contribution in [1.29, 1.82) is 0 Å². The molecule has 1 saturated carbocycles. The quantitative estimate of drug-likeness (QED) is 0.896. The number of carbonyl (C=O) groups is 1. The Labute approximate surface area is 130 Å². The second-order valence-corrected chi connectivity index (χ2v) is 5.36. The van der Waals surface area contributed by atoms with Gasteiger partial charge in [0.2, 0.25) is 0 Å². The molecule has 0 unspecified atom stereocenters. The molecule has 1 aromatic carbocycles. The fourth-order valence-electron chi connectivity index (χ4n) is 2.21. The van der Waals surface area contributed by atoms with E-state index < -0.39 is 0 Å². The summed E-state index contributed by atoms with van der Waals surface area (Å²) in [7, 11) is 0. The normalized spacial score (nSPS) is 21.7. The number of nitrogens with one attached hydrogen (secondary N) is 1. The number of halogens is 2. The molecule has 0 spiro atoms. The second-order valence-electron chi connectivity index (χ2n) is 4.92. The second kappa shape index (κ2) is 8.35. The average Bonchev–Trinajstić information content (AvgIpc) is 2.41. The fraction of sp³-hybridized carbons (Fsp3) is 0.500. The fourth-order valence-corrected chi connectivity index (χ4v) is 2.34. The van der Waals surface area contributed by atoms with Gasteiger partial charge in [-0.2, -0.15) is 0 Å². The Bertz CT molecular complexity index is 418. The molecule has 1 aliphatic carbocycles. The number of hydrogen-bond donors (Lipinski definition) is 2. The van der Waals surface area contributed by atoms with Gasteiger partial charge >= 0.3 is 0 Å². The van der Waals surface area contributed by atoms with E-state index in [1.807, 2.05) is 0 Å². The van der Waals surface area contributed by atoms with E-state index in [1.165, 1.54) is 0 Å². The molecular weight excluding hydrogens is 299 g/mol. The van der Waals surface area contributed by atoms with E-state index in [9.17, 15) is 4.79 Å². The van der Waals surface area contributed by atoms with Gasteiger partial charge < -0.3 is 15.8 Å². The summed E-state index contributed by atoms with van der Waals surface area (Å²) in [6.07, 6.45) is 3.85. The Kier molecular flexibility index (Phi) is 7.13. The summed E-state index contributed by atoms with van der Waals surface area (Å²) in [6, 6.07) is 7.48. The standard InChI is InChI=1S/C14H19ClN2O2.ClH/c15-10-1-7-13(8-2-10)19-9-14(18)17-12-5-3-11(16)4-6-12;/h1-2,7-8,11-12H,3-6,9,16H2,(H,17,18);1H. The van der Waals surface area contributed by atoms with Gasteiger partial charge in [0, 0.05) is 17.1 Å². The lowest BCUT2D eigenvalue weighted by atomic mass is 9.92. The van der Waals surface area contributed by atoms with Crippen molar-refractivity contribution in [3.63, 3.8) is 0 Å². The number of benzene rings is 1. The molecule has 1 fully saturated rings. The van der Waals surface area contributed by atoms with E-state index in [0.29, 0.717) is 16.8 Å². The van der Waals surface area contributed by atoms with Gasteiger partial charge in [0.05, 0.1) is 0 Å². The SMILES string of the molecule is Cl.NC1CCC(NC(=O)COc2ccc(Cl)cc2)CC1. The van der Waals surface area contributed by atoms with Gasteiger partial charge in [0.15, 0.2) is 6.61 Å². The van der Waals surface area contributed by atoms with Crippen molar-refractivity contribution in [3.05, 3.63) is 29.3 Å². The number of amides is 1. The number of nitrogens with two attached hydrogens (primary N) is 1. The van der Waals surface area contributed by atoms with E-state index in [4.69, 9.17) is 22.1 Å². The minimum atomic E-state index is -0.0876. The highest BCUT2D eigenvalue weighted by Gasteiger charge is 2.19. The molecule has 20 heavy (non-hydrogen) atoms. The van der Waals surface area contributed by atoms with E-state index in [0.717, 1.165) is 25.7 Å². The minimum absolute atomic E-state index is 0. The molecule has 4 nitrogen and oxygen atoms in total. The van der Waals surface area contributed by atoms with Crippen molar-refractivity contribution in [3.8, 4) is 5.75 Å². The molecule has 0 aromatic heterocycles. The molecule has 3 N–H and O–H groups in total. The van der Waals surface area contributed by atoms with Crippen LogP contribution in [0.1, 0.15) is 25.7 Å². The molecule has 2 rings (SSSR count). The predicted molar refractivity (Wildman–Crippen MR) is 82.6 cm³/mol. The molecule has 0 atom stereocenters. The van der Waals surface area contributed by atoms with Crippen LogP contribution in [0.15, 0.2) is 24.3 Å². The Morgan fingerprint density at radius 1 is 1.25 bits per heavy atom. The lowest BCUT2D eigenvalue weighted by Gasteiger charge is -2.26. The zero-order chi connectivity index (χ0) is 13.7. The number of carbonyl (C=O) groups excluding carboxylic acids is 1. The largest absolute Gasteiger partial charge is 0.484 e. The molecule has 6 heteroatoms. The van der Waals surface area contributed by atoms with E-state index in [1.54, 1.807) is 24.3 Å². The van der Waals surface area contributed by atoms with Crippen LogP contribution in [0.4, 0.5) is 0 Å². The van der Waals surface area contributed by atoms with E-state index in [2.05, 4.69) is 5.32 Å². The van der Waals surface area contributed by atoms with E-state index in [-0.39, 0.29) is 31.0 Å². The van der Waals surface area contributed by atoms with Crippen LogP contribution in [0.25, 0.3) is 0 Å². The third-order valence-electron chi connectivity index (χ3n) is 3.32. The third kappa shape index (κ3) is 5.57. The lowest BCUT2D eigenvalue weighted by Crippen LogP contribution is -2.42. The Hall–Kier alpha value is -0.970. The smallest absolute Gasteiger partial charge is 0.258 e. The van der Waals surface area contributed by atoms with Crippen LogP contribution >= 0.6 is 24.0 Å². The highest BCUT2D eigenvalue weighted by Crippen LogP contribution is 2.17. The molecule has 112 valence electrons. The lowest BCUT2D eigenvalue weighted by molar-refractivity contribution is -0.124. The summed E-state index contributed by atoms with van der Waals surface area (Å²) in [5, 5.41) is 3.62. The molecule has 1 aromatic rings. The first-order chi connectivity index (χ1) is 9.13. The highest BCUT2D eigenvalue weighted by molar-refractivity contribution is 6.30. The molecule has 0 bridgehead atoms. The van der Waals surface area contributed by atoms with Crippen LogP contribution < -0.4 is 15.8 Å². The van der Waals surface area contributed by atoms with Crippen molar-refractivity contribution in [2.24, 2.45) is 5.73 Å². The van der Waals surface area contributed by atoms with Gasteiger partial charge in [-0.1, -0.05) is 11.6 Å². The van der Waals surface area contributed by atoms with Crippen LogP contribution in [0.3, 0.4) is 0 Å².